The van der Waals surface area contributed by atoms with Gasteiger partial charge in [0.25, 0.3) is 0 Å². The highest BCUT2D eigenvalue weighted by atomic mass is 15.1. The lowest BCUT2D eigenvalue weighted by atomic mass is 10.1. The summed E-state index contributed by atoms with van der Waals surface area (Å²) in [5.74, 6) is 1.55. The minimum absolute atomic E-state index is 0.682. The van der Waals surface area contributed by atoms with Crippen LogP contribution in [0.4, 0.5) is 0 Å². The SMILES string of the molecule is c1ccc(-c2cc(-c3ccccc3)nc(-c3ccc(-n4c(-c5ccc6ccccc6c5)nc5cnccc54)cc3)n2)cc1. The van der Waals surface area contributed by atoms with Crippen LogP contribution in [0.2, 0.25) is 0 Å². The normalized spacial score (nSPS) is 11.3. The van der Waals surface area contributed by atoms with Crippen LogP contribution in [0.3, 0.4) is 0 Å². The van der Waals surface area contributed by atoms with Gasteiger partial charge in [0, 0.05) is 34.1 Å². The van der Waals surface area contributed by atoms with Gasteiger partial charge in [0.05, 0.1) is 23.1 Å². The van der Waals surface area contributed by atoms with Gasteiger partial charge in [-0.2, -0.15) is 0 Å². The Kier molecular flexibility index (Phi) is 6.05. The molecule has 5 aromatic carbocycles. The molecule has 202 valence electrons. The third-order valence-electron chi connectivity index (χ3n) is 7.71. The summed E-state index contributed by atoms with van der Waals surface area (Å²) in [5, 5.41) is 2.38. The number of pyridine rings is 1. The number of hydrogen-bond donors (Lipinski definition) is 0. The molecule has 43 heavy (non-hydrogen) atoms. The predicted molar refractivity (Wildman–Crippen MR) is 174 cm³/mol. The summed E-state index contributed by atoms with van der Waals surface area (Å²) < 4.78 is 2.20. The molecule has 0 saturated carbocycles. The first kappa shape index (κ1) is 24.8. The monoisotopic (exact) mass is 551 g/mol. The van der Waals surface area contributed by atoms with E-state index >= 15 is 0 Å². The van der Waals surface area contributed by atoms with E-state index in [0.29, 0.717) is 5.82 Å². The average Bonchev–Trinajstić information content (AvgIpc) is 3.48. The van der Waals surface area contributed by atoms with Crippen molar-refractivity contribution in [2.24, 2.45) is 0 Å². The summed E-state index contributed by atoms with van der Waals surface area (Å²) in [6.45, 7) is 0. The molecule has 3 aromatic heterocycles. The Morgan fingerprint density at radius 1 is 0.465 bits per heavy atom. The highest BCUT2D eigenvalue weighted by Gasteiger charge is 2.16. The van der Waals surface area contributed by atoms with Crippen LogP contribution in [0.25, 0.3) is 72.8 Å². The maximum absolute atomic E-state index is 5.01. The first-order valence-corrected chi connectivity index (χ1v) is 14.2. The second-order valence-electron chi connectivity index (χ2n) is 10.4. The van der Waals surface area contributed by atoms with Crippen LogP contribution in [-0.4, -0.2) is 24.5 Å². The van der Waals surface area contributed by atoms with E-state index in [4.69, 9.17) is 15.0 Å². The summed E-state index contributed by atoms with van der Waals surface area (Å²) in [4.78, 5) is 19.3. The van der Waals surface area contributed by atoms with Crippen LogP contribution in [0.1, 0.15) is 0 Å². The Hall–Kier alpha value is -5.94. The van der Waals surface area contributed by atoms with Crippen molar-refractivity contribution >= 4 is 21.8 Å². The summed E-state index contributed by atoms with van der Waals surface area (Å²) in [6.07, 6.45) is 3.63. The number of imidazole rings is 1. The van der Waals surface area contributed by atoms with E-state index in [1.54, 1.807) is 0 Å². The predicted octanol–water partition coefficient (Wildman–Crippen LogP) is 9.03. The first-order valence-electron chi connectivity index (χ1n) is 14.2. The molecule has 0 fully saturated rings. The first-order chi connectivity index (χ1) is 21.3. The fourth-order valence-electron chi connectivity index (χ4n) is 5.57. The van der Waals surface area contributed by atoms with E-state index in [1.807, 2.05) is 54.9 Å². The van der Waals surface area contributed by atoms with Crippen LogP contribution in [0.15, 0.2) is 152 Å². The molecule has 5 nitrogen and oxygen atoms in total. The number of rotatable bonds is 5. The van der Waals surface area contributed by atoms with Gasteiger partial charge in [0.2, 0.25) is 0 Å². The maximum Gasteiger partial charge on any atom is 0.160 e. The lowest BCUT2D eigenvalue weighted by Crippen LogP contribution is -1.99. The van der Waals surface area contributed by atoms with Crippen molar-refractivity contribution in [2.45, 2.75) is 0 Å². The Morgan fingerprint density at radius 2 is 1.09 bits per heavy atom. The molecular weight excluding hydrogens is 526 g/mol. The van der Waals surface area contributed by atoms with Crippen molar-refractivity contribution in [1.29, 1.82) is 0 Å². The smallest absolute Gasteiger partial charge is 0.160 e. The van der Waals surface area contributed by atoms with E-state index in [-0.39, 0.29) is 0 Å². The molecule has 0 bridgehead atoms. The molecular formula is C38H25N5. The second-order valence-corrected chi connectivity index (χ2v) is 10.4. The molecule has 0 spiro atoms. The highest BCUT2D eigenvalue weighted by molar-refractivity contribution is 5.89. The van der Waals surface area contributed by atoms with Gasteiger partial charge < -0.3 is 0 Å². The van der Waals surface area contributed by atoms with Crippen molar-refractivity contribution in [3.8, 4) is 51.0 Å². The van der Waals surface area contributed by atoms with Crippen molar-refractivity contribution < 1.29 is 0 Å². The fraction of sp³-hybridized carbons (Fsp3) is 0. The molecule has 8 rings (SSSR count). The molecule has 0 N–H and O–H groups in total. The Morgan fingerprint density at radius 3 is 1.79 bits per heavy atom. The molecule has 3 heterocycles. The largest absolute Gasteiger partial charge is 0.292 e. The lowest BCUT2D eigenvalue weighted by molar-refractivity contribution is 1.10. The molecule has 0 aliphatic heterocycles. The second kappa shape index (κ2) is 10.5. The van der Waals surface area contributed by atoms with E-state index in [2.05, 4.69) is 107 Å². The van der Waals surface area contributed by atoms with Gasteiger partial charge in [-0.05, 0) is 53.2 Å². The number of nitrogens with zero attached hydrogens (tertiary/aromatic N) is 5. The lowest BCUT2D eigenvalue weighted by Gasteiger charge is -2.12. The topological polar surface area (TPSA) is 56.5 Å². The van der Waals surface area contributed by atoms with E-state index in [9.17, 15) is 0 Å². The zero-order chi connectivity index (χ0) is 28.6. The van der Waals surface area contributed by atoms with Crippen molar-refractivity contribution in [3.05, 3.63) is 152 Å². The molecule has 0 atom stereocenters. The Bertz CT molecular complexity index is 2160. The number of benzene rings is 5. The Labute approximate surface area is 248 Å². The van der Waals surface area contributed by atoms with E-state index < -0.39 is 0 Å². The van der Waals surface area contributed by atoms with E-state index in [1.165, 1.54) is 10.8 Å². The summed E-state index contributed by atoms with van der Waals surface area (Å²) in [6, 6.07) is 47.8. The van der Waals surface area contributed by atoms with Crippen molar-refractivity contribution in [2.75, 3.05) is 0 Å². The molecule has 0 unspecified atom stereocenters. The van der Waals surface area contributed by atoms with Crippen LogP contribution < -0.4 is 0 Å². The van der Waals surface area contributed by atoms with Crippen molar-refractivity contribution in [3.63, 3.8) is 0 Å². The average molecular weight is 552 g/mol. The van der Waals surface area contributed by atoms with Crippen LogP contribution in [0, 0.1) is 0 Å². The molecule has 0 aliphatic rings. The summed E-state index contributed by atoms with van der Waals surface area (Å²) >= 11 is 0. The number of aromatic nitrogens is 5. The van der Waals surface area contributed by atoms with Crippen LogP contribution in [-0.2, 0) is 0 Å². The van der Waals surface area contributed by atoms with Gasteiger partial charge in [0.15, 0.2) is 5.82 Å². The molecule has 0 aliphatic carbocycles. The molecule has 5 heteroatoms. The number of fused-ring (bicyclic) bond motifs is 2. The summed E-state index contributed by atoms with van der Waals surface area (Å²) in [7, 11) is 0. The zero-order valence-electron chi connectivity index (χ0n) is 23.2. The third-order valence-corrected chi connectivity index (χ3v) is 7.71. The zero-order valence-corrected chi connectivity index (χ0v) is 23.2. The maximum atomic E-state index is 5.01. The quantitative estimate of drug-likeness (QED) is 0.214. The van der Waals surface area contributed by atoms with E-state index in [0.717, 1.165) is 56.2 Å². The molecule has 0 saturated heterocycles. The van der Waals surface area contributed by atoms with Gasteiger partial charge >= 0.3 is 0 Å². The highest BCUT2D eigenvalue weighted by Crippen LogP contribution is 2.32. The standard InChI is InChI=1S/C38H25N5/c1-3-10-27(11-4-1)33-24-34(28-12-5-2-6-13-28)41-37(40-33)29-17-19-32(20-18-29)43-36-21-22-39-25-35(36)42-38(43)31-16-15-26-9-7-8-14-30(26)23-31/h1-25H. The van der Waals surface area contributed by atoms with Gasteiger partial charge in [-0.25, -0.2) is 15.0 Å². The van der Waals surface area contributed by atoms with Crippen LogP contribution >= 0.6 is 0 Å². The van der Waals surface area contributed by atoms with Gasteiger partial charge in [-0.3, -0.25) is 9.55 Å². The molecule has 8 aromatic rings. The van der Waals surface area contributed by atoms with Gasteiger partial charge in [-0.15, -0.1) is 0 Å². The molecule has 0 amide bonds. The minimum Gasteiger partial charge on any atom is -0.292 e. The minimum atomic E-state index is 0.682. The van der Waals surface area contributed by atoms with Gasteiger partial charge in [-0.1, -0.05) is 97.1 Å². The fourth-order valence-corrected chi connectivity index (χ4v) is 5.57. The third kappa shape index (κ3) is 4.63. The van der Waals surface area contributed by atoms with Crippen LogP contribution in [0.5, 0.6) is 0 Å². The Balaban J connectivity index is 1.25. The summed E-state index contributed by atoms with van der Waals surface area (Å²) in [5.41, 5.74) is 8.73. The van der Waals surface area contributed by atoms with Crippen molar-refractivity contribution in [1.82, 2.24) is 24.5 Å². The van der Waals surface area contributed by atoms with Gasteiger partial charge in [0.1, 0.15) is 11.3 Å². The number of hydrogen-bond acceptors (Lipinski definition) is 4. The molecule has 0 radical (unpaired) electrons.